The summed E-state index contributed by atoms with van der Waals surface area (Å²) < 4.78 is 5.21. The van der Waals surface area contributed by atoms with E-state index in [9.17, 15) is 10.1 Å². The van der Waals surface area contributed by atoms with E-state index in [1.54, 1.807) is 37.4 Å². The highest BCUT2D eigenvalue weighted by atomic mass is 16.6. The molecule has 0 atom stereocenters. The summed E-state index contributed by atoms with van der Waals surface area (Å²) in [5.74, 6) is 1.11. The van der Waals surface area contributed by atoms with Gasteiger partial charge in [0.1, 0.15) is 12.1 Å². The summed E-state index contributed by atoms with van der Waals surface area (Å²) in [4.78, 5) is 20.1. The molecule has 8 nitrogen and oxygen atoms in total. The molecular formula is C11H13N5O3. The highest BCUT2D eigenvalue weighted by Gasteiger charge is 2.25. The Labute approximate surface area is 109 Å². The van der Waals surface area contributed by atoms with Gasteiger partial charge >= 0.3 is 5.69 Å². The Bertz CT molecular complexity index is 570. The number of hydrogen-bond acceptors (Lipinski definition) is 7. The minimum absolute atomic E-state index is 0.154. The molecule has 0 radical (unpaired) electrons. The second-order valence-electron chi connectivity index (χ2n) is 3.84. The second-order valence-corrected chi connectivity index (χ2v) is 3.84. The van der Waals surface area contributed by atoms with Crippen LogP contribution in [0, 0.1) is 10.1 Å². The van der Waals surface area contributed by atoms with Gasteiger partial charge in [0.05, 0.1) is 17.7 Å². The standard InChI is InChI=1S/C11H13N5O3/c1-12-10-9(16(17)18)11(14-7-13-10)15(2)6-8-4-3-5-19-8/h3-5,7H,6H2,1-2H3,(H,12,13,14). The molecular weight excluding hydrogens is 250 g/mol. The van der Waals surface area contributed by atoms with Crippen LogP contribution in [0.15, 0.2) is 29.1 Å². The average Bonchev–Trinajstić information content (AvgIpc) is 2.90. The molecule has 19 heavy (non-hydrogen) atoms. The number of furan rings is 1. The van der Waals surface area contributed by atoms with E-state index >= 15 is 0 Å². The van der Waals surface area contributed by atoms with Gasteiger partial charge in [-0.3, -0.25) is 10.1 Å². The summed E-state index contributed by atoms with van der Waals surface area (Å²) in [7, 11) is 3.28. The smallest absolute Gasteiger partial charge is 0.353 e. The molecule has 2 aromatic heterocycles. The van der Waals surface area contributed by atoms with Crippen molar-refractivity contribution in [3.63, 3.8) is 0 Å². The van der Waals surface area contributed by atoms with E-state index in [1.165, 1.54) is 6.33 Å². The van der Waals surface area contributed by atoms with E-state index in [0.717, 1.165) is 0 Å². The summed E-state index contributed by atoms with van der Waals surface area (Å²) in [6.07, 6.45) is 2.84. The van der Waals surface area contributed by atoms with E-state index in [-0.39, 0.29) is 17.3 Å². The lowest BCUT2D eigenvalue weighted by Crippen LogP contribution is -2.19. The lowest BCUT2D eigenvalue weighted by atomic mass is 10.3. The molecule has 2 aromatic rings. The van der Waals surface area contributed by atoms with Crippen LogP contribution >= 0.6 is 0 Å². The Kier molecular flexibility index (Phi) is 3.60. The topological polar surface area (TPSA) is 97.3 Å². The minimum Gasteiger partial charge on any atom is -0.467 e. The minimum atomic E-state index is -0.500. The van der Waals surface area contributed by atoms with Crippen molar-refractivity contribution in [2.45, 2.75) is 6.54 Å². The zero-order valence-electron chi connectivity index (χ0n) is 10.5. The monoisotopic (exact) mass is 263 g/mol. The second kappa shape index (κ2) is 5.34. The summed E-state index contributed by atoms with van der Waals surface area (Å²) in [5, 5.41) is 13.8. The maximum atomic E-state index is 11.1. The molecule has 8 heteroatoms. The summed E-state index contributed by atoms with van der Waals surface area (Å²) in [6.45, 7) is 0.383. The highest BCUT2D eigenvalue weighted by Crippen LogP contribution is 2.31. The van der Waals surface area contributed by atoms with Crippen LogP contribution in [0.3, 0.4) is 0 Å². The Hall–Kier alpha value is -2.64. The number of anilines is 2. The number of hydrogen-bond donors (Lipinski definition) is 1. The zero-order chi connectivity index (χ0) is 13.8. The van der Waals surface area contributed by atoms with Crippen LogP contribution in [0.5, 0.6) is 0 Å². The molecule has 0 spiro atoms. The van der Waals surface area contributed by atoms with Crippen LogP contribution in [-0.2, 0) is 6.54 Å². The zero-order valence-corrected chi connectivity index (χ0v) is 10.5. The Morgan fingerprint density at radius 3 is 2.89 bits per heavy atom. The Balaban J connectivity index is 2.35. The third kappa shape index (κ3) is 2.62. The van der Waals surface area contributed by atoms with Crippen LogP contribution in [0.4, 0.5) is 17.3 Å². The molecule has 0 amide bonds. The van der Waals surface area contributed by atoms with E-state index in [2.05, 4.69) is 15.3 Å². The SMILES string of the molecule is CNc1ncnc(N(C)Cc2ccco2)c1[N+](=O)[O-]. The molecule has 0 aliphatic rings. The van der Waals surface area contributed by atoms with Crippen LogP contribution in [0.2, 0.25) is 0 Å². The molecule has 0 aliphatic heterocycles. The van der Waals surface area contributed by atoms with Crippen molar-refractivity contribution in [3.8, 4) is 0 Å². The van der Waals surface area contributed by atoms with Crippen molar-refractivity contribution in [1.82, 2.24) is 9.97 Å². The van der Waals surface area contributed by atoms with Gasteiger partial charge in [-0.15, -0.1) is 0 Å². The van der Waals surface area contributed by atoms with Crippen LogP contribution in [0.25, 0.3) is 0 Å². The first-order valence-electron chi connectivity index (χ1n) is 5.54. The first-order chi connectivity index (χ1) is 9.13. The fourth-order valence-corrected chi connectivity index (χ4v) is 1.71. The van der Waals surface area contributed by atoms with Gasteiger partial charge in [-0.05, 0) is 12.1 Å². The third-order valence-electron chi connectivity index (χ3n) is 2.56. The molecule has 2 rings (SSSR count). The molecule has 0 saturated carbocycles. The average molecular weight is 263 g/mol. The molecule has 100 valence electrons. The quantitative estimate of drug-likeness (QED) is 0.647. The van der Waals surface area contributed by atoms with E-state index < -0.39 is 4.92 Å². The van der Waals surface area contributed by atoms with E-state index in [0.29, 0.717) is 12.3 Å². The number of nitro groups is 1. The number of nitrogens with one attached hydrogen (secondary N) is 1. The van der Waals surface area contributed by atoms with Gasteiger partial charge in [0.15, 0.2) is 0 Å². The molecule has 2 heterocycles. The maximum absolute atomic E-state index is 11.1. The van der Waals surface area contributed by atoms with Crippen molar-refractivity contribution in [3.05, 3.63) is 40.6 Å². The van der Waals surface area contributed by atoms with E-state index in [4.69, 9.17) is 4.42 Å². The van der Waals surface area contributed by atoms with Gasteiger partial charge in [-0.2, -0.15) is 0 Å². The molecule has 1 N–H and O–H groups in total. The van der Waals surface area contributed by atoms with Gasteiger partial charge in [-0.25, -0.2) is 9.97 Å². The lowest BCUT2D eigenvalue weighted by Gasteiger charge is -2.17. The molecule has 0 aliphatic carbocycles. The molecule has 0 saturated heterocycles. The van der Waals surface area contributed by atoms with Crippen molar-refractivity contribution in [2.24, 2.45) is 0 Å². The maximum Gasteiger partial charge on any atom is 0.353 e. The van der Waals surface area contributed by atoms with Crippen molar-refractivity contribution in [1.29, 1.82) is 0 Å². The molecule has 0 unspecified atom stereocenters. The highest BCUT2D eigenvalue weighted by molar-refractivity contribution is 5.69. The summed E-state index contributed by atoms with van der Waals surface area (Å²) >= 11 is 0. The number of rotatable bonds is 5. The molecule has 0 aromatic carbocycles. The van der Waals surface area contributed by atoms with Gasteiger partial charge in [0.2, 0.25) is 11.6 Å². The van der Waals surface area contributed by atoms with Gasteiger partial charge in [0, 0.05) is 14.1 Å². The van der Waals surface area contributed by atoms with Crippen LogP contribution in [0.1, 0.15) is 5.76 Å². The third-order valence-corrected chi connectivity index (χ3v) is 2.56. The largest absolute Gasteiger partial charge is 0.467 e. The first kappa shape index (κ1) is 12.8. The van der Waals surface area contributed by atoms with E-state index in [1.807, 2.05) is 0 Å². The predicted octanol–water partition coefficient (Wildman–Crippen LogP) is 1.66. The lowest BCUT2D eigenvalue weighted by molar-refractivity contribution is -0.383. The van der Waals surface area contributed by atoms with Gasteiger partial charge in [-0.1, -0.05) is 0 Å². The fourth-order valence-electron chi connectivity index (χ4n) is 1.71. The van der Waals surface area contributed by atoms with Crippen LogP contribution in [-0.4, -0.2) is 29.0 Å². The first-order valence-corrected chi connectivity index (χ1v) is 5.54. The predicted molar refractivity (Wildman–Crippen MR) is 69.0 cm³/mol. The number of nitrogens with zero attached hydrogens (tertiary/aromatic N) is 4. The normalized spacial score (nSPS) is 10.2. The van der Waals surface area contributed by atoms with Crippen molar-refractivity contribution >= 4 is 17.3 Å². The van der Waals surface area contributed by atoms with Crippen molar-refractivity contribution < 1.29 is 9.34 Å². The van der Waals surface area contributed by atoms with Gasteiger partial charge < -0.3 is 14.6 Å². The Morgan fingerprint density at radius 1 is 1.53 bits per heavy atom. The van der Waals surface area contributed by atoms with Crippen LogP contribution < -0.4 is 10.2 Å². The molecule has 0 fully saturated rings. The fraction of sp³-hybridized carbons (Fsp3) is 0.273. The Morgan fingerprint density at radius 2 is 2.32 bits per heavy atom. The molecule has 0 bridgehead atoms. The summed E-state index contributed by atoms with van der Waals surface area (Å²) in [5.41, 5.74) is -0.154. The summed E-state index contributed by atoms with van der Waals surface area (Å²) in [6, 6.07) is 3.55. The van der Waals surface area contributed by atoms with Gasteiger partial charge in [0.25, 0.3) is 0 Å². The number of aromatic nitrogens is 2. The van der Waals surface area contributed by atoms with Crippen molar-refractivity contribution in [2.75, 3.05) is 24.3 Å².